The molecular formula is C13H14ClNOS. The lowest BCUT2D eigenvalue weighted by Crippen LogP contribution is -1.96. The van der Waals surface area contributed by atoms with Crippen molar-refractivity contribution in [2.75, 3.05) is 0 Å². The Morgan fingerprint density at radius 3 is 2.76 bits per heavy atom. The second-order valence-corrected chi connectivity index (χ2v) is 5.11. The van der Waals surface area contributed by atoms with Crippen LogP contribution in [0.1, 0.15) is 21.8 Å². The minimum Gasteiger partial charge on any atom is -0.486 e. The average molecular weight is 268 g/mol. The van der Waals surface area contributed by atoms with Crippen molar-refractivity contribution in [2.45, 2.75) is 26.3 Å². The van der Waals surface area contributed by atoms with Gasteiger partial charge in [-0.1, -0.05) is 6.07 Å². The maximum absolute atomic E-state index is 5.70. The summed E-state index contributed by atoms with van der Waals surface area (Å²) in [6.45, 7) is 4.67. The summed E-state index contributed by atoms with van der Waals surface area (Å²) in [5, 5.41) is 2.92. The molecule has 2 rings (SSSR count). The molecule has 0 radical (unpaired) electrons. The van der Waals surface area contributed by atoms with Crippen LogP contribution in [0.4, 0.5) is 0 Å². The van der Waals surface area contributed by atoms with Gasteiger partial charge >= 0.3 is 0 Å². The van der Waals surface area contributed by atoms with Gasteiger partial charge in [0.05, 0.1) is 11.6 Å². The average Bonchev–Trinajstić information content (AvgIpc) is 2.79. The first-order chi connectivity index (χ1) is 8.19. The summed E-state index contributed by atoms with van der Waals surface area (Å²) in [6.07, 6.45) is 0. The third kappa shape index (κ3) is 3.20. The van der Waals surface area contributed by atoms with Gasteiger partial charge in [0.15, 0.2) is 0 Å². The monoisotopic (exact) mass is 267 g/mol. The van der Waals surface area contributed by atoms with E-state index in [1.165, 1.54) is 11.1 Å². The van der Waals surface area contributed by atoms with Crippen LogP contribution in [0.15, 0.2) is 23.6 Å². The van der Waals surface area contributed by atoms with Gasteiger partial charge in [0, 0.05) is 5.38 Å². The lowest BCUT2D eigenvalue weighted by atomic mass is 10.1. The molecule has 1 aromatic carbocycles. The molecule has 0 amide bonds. The molecule has 90 valence electrons. The Kier molecular flexibility index (Phi) is 4.02. The number of hydrogen-bond acceptors (Lipinski definition) is 3. The maximum Gasteiger partial charge on any atom is 0.140 e. The molecule has 0 aliphatic heterocycles. The highest BCUT2D eigenvalue weighted by Crippen LogP contribution is 2.19. The Morgan fingerprint density at radius 2 is 2.12 bits per heavy atom. The van der Waals surface area contributed by atoms with Crippen molar-refractivity contribution in [3.05, 3.63) is 45.4 Å². The van der Waals surface area contributed by atoms with E-state index in [2.05, 4.69) is 24.9 Å². The third-order valence-electron chi connectivity index (χ3n) is 2.58. The van der Waals surface area contributed by atoms with E-state index < -0.39 is 0 Å². The molecule has 0 atom stereocenters. The van der Waals surface area contributed by atoms with Crippen LogP contribution in [0.5, 0.6) is 5.75 Å². The minimum absolute atomic E-state index is 0.458. The highest BCUT2D eigenvalue weighted by molar-refractivity contribution is 7.09. The lowest BCUT2D eigenvalue weighted by Gasteiger charge is -2.06. The van der Waals surface area contributed by atoms with Gasteiger partial charge in [0.25, 0.3) is 0 Å². The molecule has 0 saturated heterocycles. The van der Waals surface area contributed by atoms with Gasteiger partial charge in [-0.2, -0.15) is 0 Å². The lowest BCUT2D eigenvalue weighted by molar-refractivity contribution is 0.305. The fourth-order valence-electron chi connectivity index (χ4n) is 1.43. The van der Waals surface area contributed by atoms with E-state index in [-0.39, 0.29) is 0 Å². The summed E-state index contributed by atoms with van der Waals surface area (Å²) < 4.78 is 5.69. The second kappa shape index (κ2) is 5.52. The van der Waals surface area contributed by atoms with Crippen LogP contribution >= 0.6 is 22.9 Å². The number of nitrogens with zero attached hydrogens (tertiary/aromatic N) is 1. The van der Waals surface area contributed by atoms with Crippen molar-refractivity contribution >= 4 is 22.9 Å². The second-order valence-electron chi connectivity index (χ2n) is 3.90. The highest BCUT2D eigenvalue weighted by Gasteiger charge is 2.03. The van der Waals surface area contributed by atoms with Gasteiger partial charge in [-0.15, -0.1) is 22.9 Å². The fourth-order valence-corrected chi connectivity index (χ4v) is 2.36. The SMILES string of the molecule is Cc1ccc(OCc2nc(CCl)cs2)cc1C. The smallest absolute Gasteiger partial charge is 0.140 e. The van der Waals surface area contributed by atoms with Crippen LogP contribution in [0.25, 0.3) is 0 Å². The number of aromatic nitrogens is 1. The molecule has 2 aromatic rings. The largest absolute Gasteiger partial charge is 0.486 e. The van der Waals surface area contributed by atoms with E-state index in [4.69, 9.17) is 16.3 Å². The van der Waals surface area contributed by atoms with Crippen molar-refractivity contribution < 1.29 is 4.74 Å². The maximum atomic E-state index is 5.70. The molecule has 1 aromatic heterocycles. The van der Waals surface area contributed by atoms with Crippen LogP contribution < -0.4 is 4.74 Å². The van der Waals surface area contributed by atoms with Crippen molar-refractivity contribution in [2.24, 2.45) is 0 Å². The molecule has 0 fully saturated rings. The van der Waals surface area contributed by atoms with Crippen molar-refractivity contribution in [3.63, 3.8) is 0 Å². The minimum atomic E-state index is 0.458. The van der Waals surface area contributed by atoms with E-state index in [0.29, 0.717) is 12.5 Å². The molecule has 0 spiro atoms. The van der Waals surface area contributed by atoms with Gasteiger partial charge in [-0.25, -0.2) is 4.98 Å². The molecule has 2 nitrogen and oxygen atoms in total. The Bertz CT molecular complexity index is 510. The molecule has 0 unspecified atom stereocenters. The summed E-state index contributed by atoms with van der Waals surface area (Å²) in [5.74, 6) is 1.34. The molecule has 0 N–H and O–H groups in total. The number of benzene rings is 1. The summed E-state index contributed by atoms with van der Waals surface area (Å²) >= 11 is 7.28. The molecule has 17 heavy (non-hydrogen) atoms. The predicted molar refractivity (Wildman–Crippen MR) is 71.9 cm³/mol. The van der Waals surface area contributed by atoms with E-state index in [0.717, 1.165) is 16.5 Å². The zero-order valence-electron chi connectivity index (χ0n) is 9.87. The number of hydrogen-bond donors (Lipinski definition) is 0. The van der Waals surface area contributed by atoms with Gasteiger partial charge in [-0.3, -0.25) is 0 Å². The topological polar surface area (TPSA) is 22.1 Å². The number of rotatable bonds is 4. The van der Waals surface area contributed by atoms with E-state index in [9.17, 15) is 0 Å². The zero-order valence-corrected chi connectivity index (χ0v) is 11.4. The van der Waals surface area contributed by atoms with Crippen molar-refractivity contribution in [3.8, 4) is 5.75 Å². The van der Waals surface area contributed by atoms with Crippen LogP contribution in [-0.2, 0) is 12.5 Å². The molecule has 0 bridgehead atoms. The standard InChI is InChI=1S/C13H14ClNOS/c1-9-3-4-12(5-10(9)2)16-7-13-15-11(6-14)8-17-13/h3-5,8H,6-7H2,1-2H3. The number of alkyl halides is 1. The summed E-state index contributed by atoms with van der Waals surface area (Å²) in [6, 6.07) is 6.10. The Balaban J connectivity index is 1.99. The first kappa shape index (κ1) is 12.4. The van der Waals surface area contributed by atoms with Crippen LogP contribution in [0, 0.1) is 13.8 Å². The van der Waals surface area contributed by atoms with Crippen molar-refractivity contribution in [1.29, 1.82) is 0 Å². The summed E-state index contributed by atoms with van der Waals surface area (Å²) in [7, 11) is 0. The first-order valence-electron chi connectivity index (χ1n) is 5.38. The highest BCUT2D eigenvalue weighted by atomic mass is 35.5. The third-order valence-corrected chi connectivity index (χ3v) is 3.72. The number of thiazole rings is 1. The van der Waals surface area contributed by atoms with Crippen LogP contribution in [-0.4, -0.2) is 4.98 Å². The predicted octanol–water partition coefficient (Wildman–Crippen LogP) is 4.08. The van der Waals surface area contributed by atoms with E-state index >= 15 is 0 Å². The Morgan fingerprint density at radius 1 is 1.29 bits per heavy atom. The van der Waals surface area contributed by atoms with E-state index in [1.807, 2.05) is 17.5 Å². The quantitative estimate of drug-likeness (QED) is 0.779. The van der Waals surface area contributed by atoms with Gasteiger partial charge in [0.1, 0.15) is 17.4 Å². The van der Waals surface area contributed by atoms with Gasteiger partial charge < -0.3 is 4.74 Å². The van der Waals surface area contributed by atoms with Gasteiger partial charge in [-0.05, 0) is 37.1 Å². The summed E-state index contributed by atoms with van der Waals surface area (Å²) in [5.41, 5.74) is 3.43. The molecule has 1 heterocycles. The van der Waals surface area contributed by atoms with E-state index in [1.54, 1.807) is 11.3 Å². The first-order valence-corrected chi connectivity index (χ1v) is 6.80. The molecule has 0 aliphatic rings. The number of aryl methyl sites for hydroxylation is 2. The summed E-state index contributed by atoms with van der Waals surface area (Å²) in [4.78, 5) is 4.35. The molecule has 0 saturated carbocycles. The van der Waals surface area contributed by atoms with Crippen molar-refractivity contribution in [1.82, 2.24) is 4.98 Å². The molecular weight excluding hydrogens is 254 g/mol. The normalized spacial score (nSPS) is 10.5. The van der Waals surface area contributed by atoms with Crippen LogP contribution in [0.2, 0.25) is 0 Å². The Hall–Kier alpha value is -1.06. The molecule has 4 heteroatoms. The van der Waals surface area contributed by atoms with Gasteiger partial charge in [0.2, 0.25) is 0 Å². The Labute approximate surface area is 110 Å². The molecule has 0 aliphatic carbocycles. The van der Waals surface area contributed by atoms with Crippen LogP contribution in [0.3, 0.4) is 0 Å². The zero-order chi connectivity index (χ0) is 12.3. The number of halogens is 1. The fraction of sp³-hybridized carbons (Fsp3) is 0.308. The number of ether oxygens (including phenoxy) is 1.